The number of amidine groups is 1. The molecule has 2 rings (SSSR count). The summed E-state index contributed by atoms with van der Waals surface area (Å²) in [6, 6.07) is 11.5. The van der Waals surface area contributed by atoms with Gasteiger partial charge in [-0.05, 0) is 32.0 Å². The quantitative estimate of drug-likeness (QED) is 0.301. The molecule has 1 heterocycles. The Kier molecular flexibility index (Phi) is 5.55. The van der Waals surface area contributed by atoms with Gasteiger partial charge < -0.3 is 10.6 Å². The first-order chi connectivity index (χ1) is 10.6. The number of carbonyl (C=O) groups excluding carboxylic acids is 1. The second-order valence-electron chi connectivity index (χ2n) is 4.75. The SMILES string of the molecule is Cc1ccc(S[C@@H](C)C(=O)ON=C(N)c2ccc[nH+]c2)cc1. The number of hydrogen-bond donors (Lipinski definition) is 1. The van der Waals surface area contributed by atoms with Crippen molar-refractivity contribution in [1.82, 2.24) is 0 Å². The average molecular weight is 316 g/mol. The minimum atomic E-state index is -0.437. The number of nitrogens with zero attached hydrogens (tertiary/aromatic N) is 1. The molecule has 1 atom stereocenters. The van der Waals surface area contributed by atoms with E-state index >= 15 is 0 Å². The van der Waals surface area contributed by atoms with Crippen LogP contribution in [0, 0.1) is 6.92 Å². The number of aryl methyl sites for hydroxylation is 1. The number of nitrogens with two attached hydrogens (primary N) is 1. The standard InChI is InChI=1S/C16H17N3O2S/c1-11-5-7-14(8-6-11)22-12(2)16(20)21-19-15(17)13-4-3-9-18-10-13/h3-10,12H,1-2H3,(H2,17,19)/p+1/t12-/m0/s1. The molecular formula is C16H18N3O2S+. The molecular weight excluding hydrogens is 298 g/mol. The molecule has 22 heavy (non-hydrogen) atoms. The van der Waals surface area contributed by atoms with Gasteiger partial charge in [-0.3, -0.25) is 0 Å². The van der Waals surface area contributed by atoms with Crippen molar-refractivity contribution in [2.45, 2.75) is 24.0 Å². The Balaban J connectivity index is 1.92. The third-order valence-electron chi connectivity index (χ3n) is 2.90. The van der Waals surface area contributed by atoms with Crippen LogP contribution in [-0.2, 0) is 9.63 Å². The molecule has 0 amide bonds. The minimum Gasteiger partial charge on any atom is -0.380 e. The molecule has 0 aliphatic carbocycles. The molecule has 0 aliphatic rings. The van der Waals surface area contributed by atoms with Crippen LogP contribution in [0.25, 0.3) is 0 Å². The van der Waals surface area contributed by atoms with Crippen LogP contribution >= 0.6 is 11.8 Å². The van der Waals surface area contributed by atoms with Crippen LogP contribution in [0.2, 0.25) is 0 Å². The number of hydrogen-bond acceptors (Lipinski definition) is 4. The van der Waals surface area contributed by atoms with E-state index in [4.69, 9.17) is 10.6 Å². The zero-order valence-corrected chi connectivity index (χ0v) is 13.3. The Morgan fingerprint density at radius 3 is 2.68 bits per heavy atom. The molecule has 0 aliphatic heterocycles. The predicted octanol–water partition coefficient (Wildman–Crippen LogP) is 2.15. The predicted molar refractivity (Wildman–Crippen MR) is 86.3 cm³/mol. The highest BCUT2D eigenvalue weighted by Gasteiger charge is 2.16. The van der Waals surface area contributed by atoms with Gasteiger partial charge in [0.2, 0.25) is 0 Å². The lowest BCUT2D eigenvalue weighted by Gasteiger charge is -2.08. The van der Waals surface area contributed by atoms with E-state index < -0.39 is 5.97 Å². The largest absolute Gasteiger partial charge is 0.380 e. The number of thioether (sulfide) groups is 1. The summed E-state index contributed by atoms with van der Waals surface area (Å²) in [4.78, 5) is 20.7. The zero-order chi connectivity index (χ0) is 15.9. The van der Waals surface area contributed by atoms with Crippen molar-refractivity contribution in [3.8, 4) is 0 Å². The lowest BCUT2D eigenvalue weighted by atomic mass is 10.2. The average Bonchev–Trinajstić information content (AvgIpc) is 2.55. The molecule has 5 nitrogen and oxygen atoms in total. The van der Waals surface area contributed by atoms with Gasteiger partial charge >= 0.3 is 5.97 Å². The van der Waals surface area contributed by atoms with Crippen LogP contribution < -0.4 is 10.7 Å². The number of aromatic nitrogens is 1. The van der Waals surface area contributed by atoms with E-state index in [0.717, 1.165) is 4.90 Å². The number of rotatable bonds is 5. The summed E-state index contributed by atoms with van der Waals surface area (Å²) in [5.74, 6) is -0.286. The summed E-state index contributed by atoms with van der Waals surface area (Å²) in [7, 11) is 0. The van der Waals surface area contributed by atoms with Crippen molar-refractivity contribution < 1.29 is 14.6 Å². The molecule has 1 aromatic heterocycles. The second-order valence-corrected chi connectivity index (χ2v) is 6.17. The lowest BCUT2D eigenvalue weighted by Crippen LogP contribution is -2.20. The van der Waals surface area contributed by atoms with E-state index in [9.17, 15) is 4.79 Å². The topological polar surface area (TPSA) is 78.8 Å². The first-order valence-corrected chi connectivity index (χ1v) is 7.68. The summed E-state index contributed by atoms with van der Waals surface area (Å²) >= 11 is 1.42. The molecule has 0 radical (unpaired) electrons. The smallest absolute Gasteiger partial charge is 0.348 e. The fourth-order valence-corrected chi connectivity index (χ4v) is 2.48. The van der Waals surface area contributed by atoms with Gasteiger partial charge in [-0.1, -0.05) is 22.9 Å². The van der Waals surface area contributed by atoms with Gasteiger partial charge in [-0.15, -0.1) is 11.8 Å². The van der Waals surface area contributed by atoms with Gasteiger partial charge in [0.15, 0.2) is 18.2 Å². The number of carbonyl (C=O) groups is 1. The molecule has 0 spiro atoms. The maximum atomic E-state index is 11.9. The van der Waals surface area contributed by atoms with Crippen LogP contribution in [0.4, 0.5) is 0 Å². The van der Waals surface area contributed by atoms with E-state index in [1.54, 1.807) is 31.5 Å². The number of pyridine rings is 1. The van der Waals surface area contributed by atoms with Gasteiger partial charge in [-0.2, -0.15) is 0 Å². The van der Waals surface area contributed by atoms with E-state index in [-0.39, 0.29) is 11.1 Å². The third kappa shape index (κ3) is 4.60. The summed E-state index contributed by atoms with van der Waals surface area (Å²) in [6.07, 6.45) is 3.43. The van der Waals surface area contributed by atoms with Crippen LogP contribution in [0.3, 0.4) is 0 Å². The van der Waals surface area contributed by atoms with Crippen molar-refractivity contribution in [2.75, 3.05) is 0 Å². The zero-order valence-electron chi connectivity index (χ0n) is 12.4. The van der Waals surface area contributed by atoms with Crippen LogP contribution in [0.5, 0.6) is 0 Å². The molecule has 114 valence electrons. The second kappa shape index (κ2) is 7.61. The van der Waals surface area contributed by atoms with Crippen LogP contribution in [-0.4, -0.2) is 17.1 Å². The Hall–Kier alpha value is -2.34. The van der Waals surface area contributed by atoms with Gasteiger partial charge in [0.1, 0.15) is 5.25 Å². The van der Waals surface area contributed by atoms with Crippen molar-refractivity contribution >= 4 is 23.6 Å². The first-order valence-electron chi connectivity index (χ1n) is 6.80. The van der Waals surface area contributed by atoms with Crippen LogP contribution in [0.15, 0.2) is 58.8 Å². The fourth-order valence-electron chi connectivity index (χ4n) is 1.64. The number of oxime groups is 1. The molecule has 3 N–H and O–H groups in total. The minimum absolute atomic E-state index is 0.151. The molecule has 0 fully saturated rings. The van der Waals surface area contributed by atoms with Gasteiger partial charge in [-0.25, -0.2) is 9.78 Å². The van der Waals surface area contributed by atoms with Crippen molar-refractivity contribution in [2.24, 2.45) is 10.9 Å². The summed E-state index contributed by atoms with van der Waals surface area (Å²) in [6.45, 7) is 3.79. The number of nitrogens with one attached hydrogen (secondary N) is 1. The summed E-state index contributed by atoms with van der Waals surface area (Å²) in [5.41, 5.74) is 7.60. The molecule has 6 heteroatoms. The highest BCUT2D eigenvalue weighted by atomic mass is 32.2. The number of H-pyrrole nitrogens is 1. The Morgan fingerprint density at radius 1 is 1.32 bits per heavy atom. The summed E-state index contributed by atoms with van der Waals surface area (Å²) < 4.78 is 0. The van der Waals surface area contributed by atoms with E-state index in [2.05, 4.69) is 10.1 Å². The van der Waals surface area contributed by atoms with E-state index in [1.165, 1.54) is 17.3 Å². The normalized spacial score (nSPS) is 12.7. The van der Waals surface area contributed by atoms with Crippen LogP contribution in [0.1, 0.15) is 18.1 Å². The van der Waals surface area contributed by atoms with Crippen molar-refractivity contribution in [3.63, 3.8) is 0 Å². The maximum Gasteiger partial charge on any atom is 0.348 e. The van der Waals surface area contributed by atoms with Crippen molar-refractivity contribution in [1.29, 1.82) is 0 Å². The number of benzene rings is 1. The monoisotopic (exact) mass is 316 g/mol. The molecule has 2 aromatic rings. The molecule has 0 saturated heterocycles. The van der Waals surface area contributed by atoms with E-state index in [0.29, 0.717) is 5.56 Å². The highest BCUT2D eigenvalue weighted by Crippen LogP contribution is 2.24. The van der Waals surface area contributed by atoms with Gasteiger partial charge in [0.05, 0.1) is 5.56 Å². The van der Waals surface area contributed by atoms with Gasteiger partial charge in [0, 0.05) is 11.0 Å². The number of aromatic amines is 1. The van der Waals surface area contributed by atoms with Gasteiger partial charge in [0.25, 0.3) is 0 Å². The first kappa shape index (κ1) is 16.0. The molecule has 0 saturated carbocycles. The molecule has 0 unspecified atom stereocenters. The Morgan fingerprint density at radius 2 is 2.05 bits per heavy atom. The third-order valence-corrected chi connectivity index (χ3v) is 3.99. The lowest BCUT2D eigenvalue weighted by molar-refractivity contribution is -0.378. The Bertz CT molecular complexity index is 657. The maximum absolute atomic E-state index is 11.9. The summed E-state index contributed by atoms with van der Waals surface area (Å²) in [5, 5.41) is 3.31. The molecule has 1 aromatic carbocycles. The van der Waals surface area contributed by atoms with Crippen molar-refractivity contribution in [3.05, 3.63) is 59.9 Å². The molecule has 0 bridgehead atoms. The Labute approximate surface area is 133 Å². The van der Waals surface area contributed by atoms with E-state index in [1.807, 2.05) is 31.2 Å². The highest BCUT2D eigenvalue weighted by molar-refractivity contribution is 8.00. The fraction of sp³-hybridized carbons (Fsp3) is 0.188.